The Bertz CT molecular complexity index is 961. The van der Waals surface area contributed by atoms with Crippen LogP contribution in [0.1, 0.15) is 16.8 Å². The monoisotopic (exact) mass is 415 g/mol. The van der Waals surface area contributed by atoms with E-state index in [-0.39, 0.29) is 17.0 Å². The van der Waals surface area contributed by atoms with Gasteiger partial charge in [-0.25, -0.2) is 9.59 Å². The zero-order valence-electron chi connectivity index (χ0n) is 15.5. The van der Waals surface area contributed by atoms with E-state index in [9.17, 15) is 29.3 Å². The van der Waals surface area contributed by atoms with Crippen molar-refractivity contribution in [2.45, 2.75) is 12.5 Å². The van der Waals surface area contributed by atoms with E-state index >= 15 is 0 Å². The molecule has 11 heteroatoms. The third kappa shape index (κ3) is 6.71. The minimum absolute atomic E-state index is 0.0418. The average Bonchev–Trinajstić information content (AvgIpc) is 2.71. The third-order valence-corrected chi connectivity index (χ3v) is 3.66. The van der Waals surface area contributed by atoms with Crippen molar-refractivity contribution >= 4 is 29.4 Å². The number of para-hydroxylation sites is 1. The molecule has 0 spiro atoms. The summed E-state index contributed by atoms with van der Waals surface area (Å²) in [5, 5.41) is 12.9. The van der Waals surface area contributed by atoms with Crippen LogP contribution in [0.3, 0.4) is 0 Å². The Labute approximate surface area is 169 Å². The van der Waals surface area contributed by atoms with Crippen molar-refractivity contribution in [1.82, 2.24) is 5.32 Å². The lowest BCUT2D eigenvalue weighted by Crippen LogP contribution is -2.45. The average molecular weight is 415 g/mol. The van der Waals surface area contributed by atoms with Gasteiger partial charge in [0, 0.05) is 17.7 Å². The van der Waals surface area contributed by atoms with Crippen molar-refractivity contribution in [1.29, 1.82) is 0 Å². The molecule has 2 aromatic rings. The molecule has 30 heavy (non-hydrogen) atoms. The summed E-state index contributed by atoms with van der Waals surface area (Å²) in [6.07, 6.45) is -1.62. The lowest BCUT2D eigenvalue weighted by molar-refractivity contribution is -0.384. The smallest absolute Gasteiger partial charge is 0.413 e. The van der Waals surface area contributed by atoms with E-state index < -0.39 is 47.7 Å². The molecular formula is C19H17N3O8. The fourth-order valence-corrected chi connectivity index (χ4v) is 2.28. The highest BCUT2D eigenvalue weighted by atomic mass is 16.6. The van der Waals surface area contributed by atoms with Crippen LogP contribution in [0.25, 0.3) is 0 Å². The van der Waals surface area contributed by atoms with Gasteiger partial charge in [0.05, 0.1) is 11.3 Å². The van der Waals surface area contributed by atoms with Crippen LogP contribution in [0.5, 0.6) is 5.75 Å². The second-order valence-electron chi connectivity index (χ2n) is 5.91. The molecule has 0 saturated heterocycles. The van der Waals surface area contributed by atoms with Gasteiger partial charge in [0.1, 0.15) is 11.8 Å². The number of ketones is 1. The highest BCUT2D eigenvalue weighted by Gasteiger charge is 2.26. The van der Waals surface area contributed by atoms with Crippen LogP contribution in [0.15, 0.2) is 54.6 Å². The number of nitrogens with one attached hydrogen (secondary N) is 1. The van der Waals surface area contributed by atoms with E-state index in [0.717, 1.165) is 6.07 Å². The summed E-state index contributed by atoms with van der Waals surface area (Å²) < 4.78 is 9.80. The predicted molar refractivity (Wildman–Crippen MR) is 102 cm³/mol. The van der Waals surface area contributed by atoms with E-state index in [4.69, 9.17) is 15.2 Å². The molecule has 2 aromatic carbocycles. The first kappa shape index (κ1) is 22.0. The number of ether oxygens (including phenoxy) is 2. The number of esters is 1. The molecule has 0 aliphatic rings. The summed E-state index contributed by atoms with van der Waals surface area (Å²) >= 11 is 0. The fraction of sp³-hybridized carbons (Fsp3) is 0.158. The van der Waals surface area contributed by atoms with Crippen molar-refractivity contribution in [3.05, 3.63) is 70.3 Å². The Morgan fingerprint density at radius 2 is 1.77 bits per heavy atom. The number of carbonyl (C=O) groups is 4. The number of hydrogen-bond donors (Lipinski definition) is 2. The minimum atomic E-state index is -1.49. The molecule has 1 atom stereocenters. The number of rotatable bonds is 9. The Balaban J connectivity index is 1.98. The number of carbonyl (C=O) groups excluding carboxylic acids is 4. The Hall–Kier alpha value is -4.28. The molecule has 2 rings (SSSR count). The second-order valence-corrected chi connectivity index (χ2v) is 5.91. The highest BCUT2D eigenvalue weighted by Crippen LogP contribution is 2.14. The van der Waals surface area contributed by atoms with Crippen molar-refractivity contribution < 1.29 is 33.6 Å². The first-order chi connectivity index (χ1) is 14.3. The van der Waals surface area contributed by atoms with Crippen LogP contribution in [0.4, 0.5) is 10.5 Å². The maximum absolute atomic E-state index is 12.2. The minimum Gasteiger partial charge on any atom is -0.456 e. The number of benzene rings is 2. The van der Waals surface area contributed by atoms with Crippen LogP contribution in [0.2, 0.25) is 0 Å². The van der Waals surface area contributed by atoms with Gasteiger partial charge in [0.25, 0.3) is 5.69 Å². The van der Waals surface area contributed by atoms with Gasteiger partial charge in [-0.2, -0.15) is 0 Å². The number of nitro benzene ring substituents is 1. The zero-order chi connectivity index (χ0) is 22.1. The number of nitrogens with two attached hydrogens (primary N) is 1. The first-order valence-corrected chi connectivity index (χ1v) is 8.52. The van der Waals surface area contributed by atoms with Crippen LogP contribution in [0, 0.1) is 10.1 Å². The van der Waals surface area contributed by atoms with Crippen molar-refractivity contribution in [2.24, 2.45) is 5.73 Å². The molecule has 11 nitrogen and oxygen atoms in total. The van der Waals surface area contributed by atoms with Gasteiger partial charge in [-0.15, -0.1) is 0 Å². The Morgan fingerprint density at radius 1 is 1.07 bits per heavy atom. The molecule has 156 valence electrons. The lowest BCUT2D eigenvalue weighted by atomic mass is 10.1. The maximum atomic E-state index is 12.2. The molecule has 3 N–H and O–H groups in total. The Kier molecular flexibility index (Phi) is 7.57. The number of nitrogens with zero attached hydrogens (tertiary/aromatic N) is 1. The number of non-ortho nitro benzene ring substituents is 1. The van der Waals surface area contributed by atoms with Gasteiger partial charge in [0.15, 0.2) is 6.61 Å². The topological polar surface area (TPSA) is 168 Å². The highest BCUT2D eigenvalue weighted by molar-refractivity contribution is 5.99. The normalized spacial score (nSPS) is 11.1. The van der Waals surface area contributed by atoms with Gasteiger partial charge in [0.2, 0.25) is 11.7 Å². The van der Waals surface area contributed by atoms with Crippen LogP contribution < -0.4 is 15.8 Å². The molecule has 0 radical (unpaired) electrons. The van der Waals surface area contributed by atoms with Crippen LogP contribution in [-0.2, 0) is 14.3 Å². The molecule has 0 aliphatic heterocycles. The van der Waals surface area contributed by atoms with Gasteiger partial charge >= 0.3 is 12.1 Å². The molecule has 2 amide bonds. The Morgan fingerprint density at radius 3 is 2.40 bits per heavy atom. The summed E-state index contributed by atoms with van der Waals surface area (Å²) in [5.41, 5.74) is 4.74. The molecular weight excluding hydrogens is 398 g/mol. The van der Waals surface area contributed by atoms with Gasteiger partial charge in [-0.1, -0.05) is 30.3 Å². The molecule has 0 heterocycles. The summed E-state index contributed by atoms with van der Waals surface area (Å²) in [4.78, 5) is 57.6. The number of primary amides is 1. The first-order valence-electron chi connectivity index (χ1n) is 8.52. The molecule has 0 saturated carbocycles. The van der Waals surface area contributed by atoms with E-state index in [2.05, 4.69) is 5.32 Å². The zero-order valence-corrected chi connectivity index (χ0v) is 15.5. The number of Topliss-reactive ketones (excluding diaryl/α,β-unsaturated/α-hetero) is 1. The largest absolute Gasteiger partial charge is 0.456 e. The van der Waals surface area contributed by atoms with Crippen molar-refractivity contribution in [3.63, 3.8) is 0 Å². The lowest BCUT2D eigenvalue weighted by Gasteiger charge is -2.16. The van der Waals surface area contributed by atoms with Gasteiger partial charge < -0.3 is 20.5 Å². The summed E-state index contributed by atoms with van der Waals surface area (Å²) in [6, 6.07) is 11.3. The van der Waals surface area contributed by atoms with Gasteiger partial charge in [-0.05, 0) is 12.1 Å². The number of nitro groups is 1. The predicted octanol–water partition coefficient (Wildman–Crippen LogP) is 1.35. The van der Waals surface area contributed by atoms with E-state index in [1.807, 2.05) is 0 Å². The SMILES string of the molecule is NC(=O)C[C@@H](NC(=O)Oc1ccccc1)C(=O)OCC(=O)c1cccc([N+](=O)[O-])c1. The summed E-state index contributed by atoms with van der Waals surface area (Å²) in [5.74, 6) is -2.52. The van der Waals surface area contributed by atoms with Crippen LogP contribution in [-0.4, -0.2) is 41.3 Å². The summed E-state index contributed by atoms with van der Waals surface area (Å²) in [7, 11) is 0. The standard InChI is InChI=1S/C19H17N3O8/c20-17(24)10-15(21-19(26)30-14-7-2-1-3-8-14)18(25)29-11-16(23)12-5-4-6-13(9-12)22(27)28/h1-9,15H,10-11H2,(H2,20,24)(H,21,26)/t15-/m1/s1. The van der Waals surface area contributed by atoms with E-state index in [1.165, 1.54) is 30.3 Å². The quantitative estimate of drug-likeness (QED) is 0.268. The molecule has 0 aromatic heterocycles. The van der Waals surface area contributed by atoms with E-state index in [0.29, 0.717) is 0 Å². The number of hydrogen-bond acceptors (Lipinski definition) is 8. The van der Waals surface area contributed by atoms with Crippen molar-refractivity contribution in [3.8, 4) is 5.75 Å². The molecule has 0 fully saturated rings. The fourth-order valence-electron chi connectivity index (χ4n) is 2.28. The third-order valence-electron chi connectivity index (χ3n) is 3.66. The van der Waals surface area contributed by atoms with E-state index in [1.54, 1.807) is 18.2 Å². The second kappa shape index (κ2) is 10.3. The molecule has 0 aliphatic carbocycles. The van der Waals surface area contributed by atoms with Crippen LogP contribution >= 0.6 is 0 Å². The number of amides is 2. The van der Waals surface area contributed by atoms with Crippen molar-refractivity contribution in [2.75, 3.05) is 6.61 Å². The molecule has 0 unspecified atom stereocenters. The molecule has 0 bridgehead atoms. The van der Waals surface area contributed by atoms with Gasteiger partial charge in [-0.3, -0.25) is 19.7 Å². The maximum Gasteiger partial charge on any atom is 0.413 e. The summed E-state index contributed by atoms with van der Waals surface area (Å²) in [6.45, 7) is -0.759.